The number of benzene rings is 1. The van der Waals surface area contributed by atoms with Crippen molar-refractivity contribution in [1.82, 2.24) is 10.2 Å². The average molecular weight is 325 g/mol. The normalized spacial score (nSPS) is 19.2. The number of nitrogens with one attached hydrogen (secondary N) is 2. The lowest BCUT2D eigenvalue weighted by atomic mass is 10.2. The molecule has 0 radical (unpaired) electrons. The number of anilines is 1. The summed E-state index contributed by atoms with van der Waals surface area (Å²) >= 11 is 5.21. The topological polar surface area (TPSA) is 36.5 Å². The molecule has 1 aromatic rings. The van der Waals surface area contributed by atoms with E-state index in [1.807, 2.05) is 0 Å². The molecule has 0 aliphatic carbocycles. The van der Waals surface area contributed by atoms with E-state index in [9.17, 15) is 4.39 Å². The summed E-state index contributed by atoms with van der Waals surface area (Å²) in [6.45, 7) is 8.76. The van der Waals surface area contributed by atoms with Crippen molar-refractivity contribution in [3.63, 3.8) is 0 Å². The molecule has 122 valence electrons. The largest absolute Gasteiger partial charge is 0.374 e. The van der Waals surface area contributed by atoms with E-state index < -0.39 is 0 Å². The van der Waals surface area contributed by atoms with Crippen LogP contribution in [0.25, 0.3) is 0 Å². The summed E-state index contributed by atoms with van der Waals surface area (Å²) in [7, 11) is 0. The van der Waals surface area contributed by atoms with Crippen LogP contribution in [0.3, 0.4) is 0 Å². The van der Waals surface area contributed by atoms with Crippen molar-refractivity contribution < 1.29 is 9.13 Å². The van der Waals surface area contributed by atoms with Gasteiger partial charge in [0.2, 0.25) is 0 Å². The van der Waals surface area contributed by atoms with E-state index in [0.717, 1.165) is 26.2 Å². The van der Waals surface area contributed by atoms with E-state index in [1.54, 1.807) is 18.2 Å². The second-order valence-electron chi connectivity index (χ2n) is 5.96. The SMILES string of the molecule is CC(C)CN1CCO[C@@H](CNC(=S)Nc2ccccc2F)C1. The Morgan fingerprint density at radius 2 is 2.23 bits per heavy atom. The third kappa shape index (κ3) is 5.51. The number of hydrogen-bond donors (Lipinski definition) is 2. The third-order valence-corrected chi connectivity index (χ3v) is 3.70. The van der Waals surface area contributed by atoms with Gasteiger partial charge in [-0.25, -0.2) is 4.39 Å². The Bertz CT molecular complexity index is 498. The first-order valence-electron chi connectivity index (χ1n) is 7.68. The minimum absolute atomic E-state index is 0.105. The molecule has 2 N–H and O–H groups in total. The van der Waals surface area contributed by atoms with E-state index in [2.05, 4.69) is 29.4 Å². The molecule has 0 amide bonds. The van der Waals surface area contributed by atoms with Gasteiger partial charge in [0, 0.05) is 26.2 Å². The van der Waals surface area contributed by atoms with Crippen molar-refractivity contribution in [2.24, 2.45) is 5.92 Å². The van der Waals surface area contributed by atoms with Gasteiger partial charge in [-0.2, -0.15) is 0 Å². The van der Waals surface area contributed by atoms with Crippen molar-refractivity contribution in [2.45, 2.75) is 20.0 Å². The fourth-order valence-corrected chi connectivity index (χ4v) is 2.72. The maximum atomic E-state index is 13.5. The first-order chi connectivity index (χ1) is 10.5. The molecule has 4 nitrogen and oxygen atoms in total. The molecule has 1 aliphatic rings. The van der Waals surface area contributed by atoms with Crippen molar-refractivity contribution >= 4 is 23.0 Å². The van der Waals surface area contributed by atoms with Crippen LogP contribution >= 0.6 is 12.2 Å². The van der Waals surface area contributed by atoms with Crippen LogP contribution < -0.4 is 10.6 Å². The molecule has 22 heavy (non-hydrogen) atoms. The Balaban J connectivity index is 1.75. The van der Waals surface area contributed by atoms with Gasteiger partial charge in [0.05, 0.1) is 18.4 Å². The van der Waals surface area contributed by atoms with Gasteiger partial charge in [-0.1, -0.05) is 26.0 Å². The molecular formula is C16H24FN3OS. The molecule has 2 rings (SSSR count). The number of halogens is 1. The van der Waals surface area contributed by atoms with E-state index in [4.69, 9.17) is 17.0 Å². The van der Waals surface area contributed by atoms with Gasteiger partial charge < -0.3 is 15.4 Å². The highest BCUT2D eigenvalue weighted by Crippen LogP contribution is 2.12. The van der Waals surface area contributed by atoms with Gasteiger partial charge in [-0.05, 0) is 30.3 Å². The fraction of sp³-hybridized carbons (Fsp3) is 0.562. The number of morpholine rings is 1. The van der Waals surface area contributed by atoms with Crippen LogP contribution in [0.1, 0.15) is 13.8 Å². The summed E-state index contributed by atoms with van der Waals surface area (Å²) in [6.07, 6.45) is 0.105. The Kier molecular flexibility index (Phi) is 6.54. The number of para-hydroxylation sites is 1. The molecule has 1 saturated heterocycles. The molecule has 0 aromatic heterocycles. The van der Waals surface area contributed by atoms with Crippen molar-refractivity contribution in [2.75, 3.05) is 38.1 Å². The number of rotatable bonds is 5. The van der Waals surface area contributed by atoms with Gasteiger partial charge in [-0.15, -0.1) is 0 Å². The maximum absolute atomic E-state index is 13.5. The summed E-state index contributed by atoms with van der Waals surface area (Å²) < 4.78 is 19.3. The lowest BCUT2D eigenvalue weighted by molar-refractivity contribution is -0.0283. The first-order valence-corrected chi connectivity index (χ1v) is 8.08. The summed E-state index contributed by atoms with van der Waals surface area (Å²) in [6, 6.07) is 6.47. The smallest absolute Gasteiger partial charge is 0.170 e. The van der Waals surface area contributed by atoms with Crippen LogP contribution in [0.2, 0.25) is 0 Å². The van der Waals surface area contributed by atoms with Gasteiger partial charge in [0.15, 0.2) is 5.11 Å². The first kappa shape index (κ1) is 17.1. The lowest BCUT2D eigenvalue weighted by Gasteiger charge is -2.34. The number of nitrogens with zero attached hydrogens (tertiary/aromatic N) is 1. The fourth-order valence-electron chi connectivity index (χ4n) is 2.52. The second kappa shape index (κ2) is 8.41. The highest BCUT2D eigenvalue weighted by atomic mass is 32.1. The summed E-state index contributed by atoms with van der Waals surface area (Å²) in [5.74, 6) is 0.333. The number of thiocarbonyl (C=S) groups is 1. The van der Waals surface area contributed by atoms with Crippen molar-refractivity contribution in [3.05, 3.63) is 30.1 Å². The molecule has 0 saturated carbocycles. The van der Waals surface area contributed by atoms with Gasteiger partial charge >= 0.3 is 0 Å². The zero-order valence-electron chi connectivity index (χ0n) is 13.1. The predicted molar refractivity (Wildman–Crippen MR) is 91.6 cm³/mol. The second-order valence-corrected chi connectivity index (χ2v) is 6.37. The van der Waals surface area contributed by atoms with Crippen LogP contribution in [-0.4, -0.2) is 48.9 Å². The molecule has 0 unspecified atom stereocenters. The van der Waals surface area contributed by atoms with Crippen LogP contribution in [0.4, 0.5) is 10.1 Å². The average Bonchev–Trinajstić information content (AvgIpc) is 2.47. The number of ether oxygens (including phenoxy) is 1. The minimum Gasteiger partial charge on any atom is -0.374 e. The third-order valence-electron chi connectivity index (χ3n) is 3.46. The summed E-state index contributed by atoms with van der Waals surface area (Å²) in [5.41, 5.74) is 0.381. The molecule has 1 heterocycles. The Hall–Kier alpha value is -1.24. The van der Waals surface area contributed by atoms with Crippen molar-refractivity contribution in [3.8, 4) is 0 Å². The Morgan fingerprint density at radius 1 is 1.45 bits per heavy atom. The van der Waals surface area contributed by atoms with E-state index in [1.165, 1.54) is 6.07 Å². The van der Waals surface area contributed by atoms with Crippen LogP contribution in [-0.2, 0) is 4.74 Å². The molecule has 1 fully saturated rings. The zero-order chi connectivity index (χ0) is 15.9. The molecule has 1 atom stereocenters. The summed E-state index contributed by atoms with van der Waals surface area (Å²) in [4.78, 5) is 2.41. The van der Waals surface area contributed by atoms with Gasteiger partial charge in [-0.3, -0.25) is 4.90 Å². The van der Waals surface area contributed by atoms with Crippen LogP contribution in [0.5, 0.6) is 0 Å². The predicted octanol–water partition coefficient (Wildman–Crippen LogP) is 2.47. The minimum atomic E-state index is -0.316. The standard InChI is InChI=1S/C16H24FN3OS/c1-12(2)10-20-7-8-21-13(11-20)9-18-16(22)19-15-6-4-3-5-14(15)17/h3-6,12-13H,7-11H2,1-2H3,(H2,18,19,22)/t13-/m0/s1. The van der Waals surface area contributed by atoms with E-state index in [-0.39, 0.29) is 11.9 Å². The van der Waals surface area contributed by atoms with Gasteiger partial charge in [0.25, 0.3) is 0 Å². The van der Waals surface area contributed by atoms with E-state index >= 15 is 0 Å². The maximum Gasteiger partial charge on any atom is 0.170 e. The quantitative estimate of drug-likeness (QED) is 0.814. The highest BCUT2D eigenvalue weighted by molar-refractivity contribution is 7.80. The molecule has 0 bridgehead atoms. The summed E-state index contributed by atoms with van der Waals surface area (Å²) in [5, 5.41) is 6.39. The van der Waals surface area contributed by atoms with Gasteiger partial charge in [0.1, 0.15) is 5.82 Å². The zero-order valence-corrected chi connectivity index (χ0v) is 14.0. The highest BCUT2D eigenvalue weighted by Gasteiger charge is 2.21. The Labute approximate surface area is 137 Å². The Morgan fingerprint density at radius 3 is 2.95 bits per heavy atom. The molecule has 1 aromatic carbocycles. The molecule has 6 heteroatoms. The monoisotopic (exact) mass is 325 g/mol. The molecule has 0 spiro atoms. The van der Waals surface area contributed by atoms with Crippen LogP contribution in [0.15, 0.2) is 24.3 Å². The van der Waals surface area contributed by atoms with E-state index in [0.29, 0.717) is 23.3 Å². The number of hydrogen-bond acceptors (Lipinski definition) is 3. The van der Waals surface area contributed by atoms with Crippen LogP contribution in [0, 0.1) is 11.7 Å². The molecular weight excluding hydrogens is 301 g/mol. The molecule has 1 aliphatic heterocycles. The van der Waals surface area contributed by atoms with Crippen molar-refractivity contribution in [1.29, 1.82) is 0 Å². The lowest BCUT2D eigenvalue weighted by Crippen LogP contribution is -2.48.